The van der Waals surface area contributed by atoms with E-state index in [0.717, 1.165) is 45.7 Å². The lowest BCUT2D eigenvalue weighted by atomic mass is 9.57. The van der Waals surface area contributed by atoms with Crippen molar-refractivity contribution in [2.24, 2.45) is 0 Å². The highest BCUT2D eigenvalue weighted by Gasteiger charge is 2.50. The Morgan fingerprint density at radius 1 is 0.541 bits per heavy atom. The lowest BCUT2D eigenvalue weighted by molar-refractivity contribution is 0.692. The van der Waals surface area contributed by atoms with Crippen molar-refractivity contribution in [2.75, 3.05) is 4.90 Å². The van der Waals surface area contributed by atoms with Gasteiger partial charge in [-0.2, -0.15) is 10.5 Å². The van der Waals surface area contributed by atoms with Crippen LogP contribution in [-0.4, -0.2) is 0 Å². The number of para-hydroxylation sites is 3. The highest BCUT2D eigenvalue weighted by Crippen LogP contribution is 2.60. The van der Waals surface area contributed by atoms with Crippen LogP contribution in [0.3, 0.4) is 0 Å². The normalized spacial score (nSPS) is 13.9. The van der Waals surface area contributed by atoms with E-state index in [1.54, 1.807) is 0 Å². The first-order valence-corrected chi connectivity index (χ1v) is 12.4. The Bertz CT molecular complexity index is 1670. The van der Waals surface area contributed by atoms with Crippen molar-refractivity contribution in [3.05, 3.63) is 160 Å². The molecule has 0 fully saturated rings. The van der Waals surface area contributed by atoms with Gasteiger partial charge in [-0.05, 0) is 88.3 Å². The molecule has 1 heterocycles. The first-order chi connectivity index (χ1) is 18.3. The van der Waals surface area contributed by atoms with Gasteiger partial charge in [0, 0.05) is 5.69 Å². The molecule has 0 bridgehead atoms. The van der Waals surface area contributed by atoms with Gasteiger partial charge in [-0.1, -0.05) is 66.7 Å². The highest BCUT2D eigenvalue weighted by atomic mass is 15.2. The van der Waals surface area contributed by atoms with E-state index in [-0.39, 0.29) is 0 Å². The van der Waals surface area contributed by atoms with Crippen molar-refractivity contribution in [3.63, 3.8) is 0 Å². The third-order valence-electron chi connectivity index (χ3n) is 7.78. The zero-order chi connectivity index (χ0) is 25.0. The number of rotatable bonds is 1. The lowest BCUT2D eigenvalue weighted by Crippen LogP contribution is -2.41. The van der Waals surface area contributed by atoms with Crippen molar-refractivity contribution in [1.82, 2.24) is 0 Å². The van der Waals surface area contributed by atoms with Gasteiger partial charge in [0.2, 0.25) is 0 Å². The molecule has 37 heavy (non-hydrogen) atoms. The first kappa shape index (κ1) is 21.2. The molecule has 7 rings (SSSR count). The van der Waals surface area contributed by atoms with Crippen molar-refractivity contribution in [1.29, 1.82) is 10.5 Å². The van der Waals surface area contributed by atoms with Gasteiger partial charge in [0.25, 0.3) is 0 Å². The summed E-state index contributed by atoms with van der Waals surface area (Å²) < 4.78 is 0. The Kier molecular flexibility index (Phi) is 4.55. The third-order valence-corrected chi connectivity index (χ3v) is 7.78. The fourth-order valence-electron chi connectivity index (χ4n) is 6.33. The van der Waals surface area contributed by atoms with Crippen molar-refractivity contribution in [2.45, 2.75) is 11.8 Å². The summed E-state index contributed by atoms with van der Waals surface area (Å²) in [5, 5.41) is 19.8. The van der Waals surface area contributed by atoms with E-state index in [0.29, 0.717) is 11.1 Å². The minimum Gasteiger partial charge on any atom is -0.310 e. The topological polar surface area (TPSA) is 50.8 Å². The smallest absolute Gasteiger partial charge is 0.0991 e. The Morgan fingerprint density at radius 2 is 1.03 bits per heavy atom. The molecule has 1 aliphatic heterocycles. The van der Waals surface area contributed by atoms with E-state index in [1.165, 1.54) is 11.1 Å². The van der Waals surface area contributed by atoms with Crippen LogP contribution in [0.1, 0.15) is 44.5 Å². The van der Waals surface area contributed by atoms with Crippen LogP contribution >= 0.6 is 0 Å². The van der Waals surface area contributed by atoms with Crippen molar-refractivity contribution in [3.8, 4) is 12.1 Å². The molecular weight excluding hydrogens is 450 g/mol. The molecule has 0 N–H and O–H groups in total. The molecule has 2 aliphatic rings. The fourth-order valence-corrected chi connectivity index (χ4v) is 6.33. The third kappa shape index (κ3) is 2.86. The number of nitriles is 2. The van der Waals surface area contributed by atoms with E-state index in [2.05, 4.69) is 114 Å². The summed E-state index contributed by atoms with van der Waals surface area (Å²) in [6.45, 7) is 0. The van der Waals surface area contributed by atoms with E-state index in [9.17, 15) is 10.5 Å². The maximum Gasteiger partial charge on any atom is 0.0991 e. The predicted molar refractivity (Wildman–Crippen MR) is 145 cm³/mol. The van der Waals surface area contributed by atoms with Crippen LogP contribution in [0.4, 0.5) is 17.1 Å². The summed E-state index contributed by atoms with van der Waals surface area (Å²) in [6.07, 6.45) is 0.760. The highest BCUT2D eigenvalue weighted by molar-refractivity contribution is 5.90. The van der Waals surface area contributed by atoms with Gasteiger partial charge >= 0.3 is 0 Å². The molecule has 172 valence electrons. The Hall–Kier alpha value is -5.12. The van der Waals surface area contributed by atoms with Crippen LogP contribution in [0.15, 0.2) is 115 Å². The van der Waals surface area contributed by atoms with E-state index in [1.807, 2.05) is 18.2 Å². The molecule has 0 atom stereocenters. The van der Waals surface area contributed by atoms with Crippen LogP contribution in [0, 0.1) is 22.7 Å². The minimum atomic E-state index is -0.666. The number of nitrogens with zero attached hydrogens (tertiary/aromatic N) is 3. The minimum absolute atomic E-state index is 0.637. The van der Waals surface area contributed by atoms with Crippen LogP contribution in [0.5, 0.6) is 0 Å². The largest absolute Gasteiger partial charge is 0.310 e. The molecular formula is C34H21N3. The second kappa shape index (κ2) is 7.95. The zero-order valence-electron chi connectivity index (χ0n) is 20.0. The number of anilines is 3. The molecule has 3 nitrogen and oxygen atoms in total. The molecule has 1 aliphatic carbocycles. The molecule has 5 aromatic carbocycles. The predicted octanol–water partition coefficient (Wildman–Crippen LogP) is 7.50. The SMILES string of the molecule is N#Cc1ccc2c(c1)C1(c3cc(C#N)ccc3C2)c2ccccc2N(c2ccccc2)c2ccccc21. The fraction of sp³-hybridized carbons (Fsp3) is 0.0588. The van der Waals surface area contributed by atoms with Crippen molar-refractivity contribution < 1.29 is 0 Å². The molecule has 3 heteroatoms. The molecule has 0 amide bonds. The van der Waals surface area contributed by atoms with Gasteiger partial charge < -0.3 is 4.90 Å². The van der Waals surface area contributed by atoms with Gasteiger partial charge in [0.15, 0.2) is 0 Å². The summed E-state index contributed by atoms with van der Waals surface area (Å²) in [5.74, 6) is 0. The van der Waals surface area contributed by atoms with Gasteiger partial charge in [-0.25, -0.2) is 0 Å². The average Bonchev–Trinajstić information content (AvgIpc) is 2.97. The number of hydrogen-bond donors (Lipinski definition) is 0. The maximum atomic E-state index is 9.88. The zero-order valence-corrected chi connectivity index (χ0v) is 20.0. The Labute approximate surface area is 216 Å². The van der Waals surface area contributed by atoms with Gasteiger partial charge in [0.05, 0.1) is 40.1 Å². The summed E-state index contributed by atoms with van der Waals surface area (Å²) >= 11 is 0. The molecule has 0 unspecified atom stereocenters. The molecule has 5 aromatic rings. The second-order valence-corrected chi connectivity index (χ2v) is 9.60. The molecule has 1 spiro atoms. The number of benzene rings is 5. The van der Waals surface area contributed by atoms with Crippen molar-refractivity contribution >= 4 is 17.1 Å². The molecule has 0 saturated carbocycles. The quantitative estimate of drug-likeness (QED) is 0.249. The number of fused-ring (bicyclic) bond motifs is 8. The van der Waals surface area contributed by atoms with Gasteiger partial charge in [-0.3, -0.25) is 0 Å². The van der Waals surface area contributed by atoms with Gasteiger partial charge in [0.1, 0.15) is 0 Å². The second-order valence-electron chi connectivity index (χ2n) is 9.60. The Balaban J connectivity index is 1.69. The van der Waals surface area contributed by atoms with Crippen LogP contribution in [0.25, 0.3) is 0 Å². The first-order valence-electron chi connectivity index (χ1n) is 12.4. The molecule has 0 saturated heterocycles. The van der Waals surface area contributed by atoms with Crippen LogP contribution in [-0.2, 0) is 11.8 Å². The van der Waals surface area contributed by atoms with Crippen LogP contribution in [0.2, 0.25) is 0 Å². The average molecular weight is 472 g/mol. The molecule has 0 aromatic heterocycles. The Morgan fingerprint density at radius 3 is 1.54 bits per heavy atom. The van der Waals surface area contributed by atoms with E-state index in [4.69, 9.17) is 0 Å². The summed E-state index contributed by atoms with van der Waals surface area (Å²) in [5.41, 5.74) is 10.8. The van der Waals surface area contributed by atoms with E-state index >= 15 is 0 Å². The standard InChI is InChI=1S/C34H21N3/c35-21-23-14-16-25-20-26-17-15-24(22-36)19-31(26)34(30(25)18-23)28-10-4-6-12-32(28)37(27-8-2-1-3-9-27)33-13-7-5-11-29(33)34/h1-19H,20H2. The lowest BCUT2D eigenvalue weighted by Gasteiger charge is -2.49. The summed E-state index contributed by atoms with van der Waals surface area (Å²) in [6, 6.07) is 44.4. The van der Waals surface area contributed by atoms with Crippen LogP contribution < -0.4 is 4.90 Å². The van der Waals surface area contributed by atoms with E-state index < -0.39 is 5.41 Å². The summed E-state index contributed by atoms with van der Waals surface area (Å²) in [4.78, 5) is 2.33. The van der Waals surface area contributed by atoms with Gasteiger partial charge in [-0.15, -0.1) is 0 Å². The number of hydrogen-bond acceptors (Lipinski definition) is 3. The summed E-state index contributed by atoms with van der Waals surface area (Å²) in [7, 11) is 0. The monoisotopic (exact) mass is 471 g/mol. The molecule has 0 radical (unpaired) electrons. The maximum absolute atomic E-state index is 9.88.